The van der Waals surface area contributed by atoms with Gasteiger partial charge in [-0.25, -0.2) is 0 Å². The summed E-state index contributed by atoms with van der Waals surface area (Å²) >= 11 is 3.39. The first-order valence-corrected chi connectivity index (χ1v) is 8.15. The maximum Gasteiger partial charge on any atom is 0.307 e. The molecule has 2 N–H and O–H groups in total. The first-order valence-electron chi connectivity index (χ1n) is 7.36. The van der Waals surface area contributed by atoms with Crippen molar-refractivity contribution < 1.29 is 14.7 Å². The van der Waals surface area contributed by atoms with Gasteiger partial charge in [0.05, 0.1) is 12.5 Å². The molecule has 1 amide bonds. The van der Waals surface area contributed by atoms with Crippen molar-refractivity contribution in [3.8, 4) is 0 Å². The van der Waals surface area contributed by atoms with Crippen LogP contribution in [0.15, 0.2) is 22.7 Å². The fourth-order valence-corrected chi connectivity index (χ4v) is 3.41. The number of nitrogens with zero attached hydrogens (tertiary/aromatic N) is 1. The second kappa shape index (κ2) is 7.24. The lowest BCUT2D eigenvalue weighted by molar-refractivity contribution is -0.144. The number of nitrogens with one attached hydrogen (secondary N) is 1. The Morgan fingerprint density at radius 2 is 2.14 bits per heavy atom. The average molecular weight is 369 g/mol. The molecule has 2 unspecified atom stereocenters. The van der Waals surface area contributed by atoms with Crippen LogP contribution in [0.1, 0.15) is 18.9 Å². The molecular formula is C16H21BrN2O3. The summed E-state index contributed by atoms with van der Waals surface area (Å²) in [5.74, 6) is -0.979. The summed E-state index contributed by atoms with van der Waals surface area (Å²) in [4.78, 5) is 25.3. The fraction of sp³-hybridized carbons (Fsp3) is 0.500. The third-order valence-corrected chi connectivity index (χ3v) is 4.41. The number of carbonyl (C=O) groups is 2. The number of carboxylic acid groups (broad SMARTS) is 1. The summed E-state index contributed by atoms with van der Waals surface area (Å²) < 4.78 is 0.970. The summed E-state index contributed by atoms with van der Waals surface area (Å²) in [7, 11) is 0. The number of hydrogen-bond acceptors (Lipinski definition) is 3. The zero-order valence-corrected chi connectivity index (χ0v) is 14.4. The lowest BCUT2D eigenvalue weighted by Crippen LogP contribution is -2.45. The van der Waals surface area contributed by atoms with Crippen molar-refractivity contribution >= 4 is 33.5 Å². The second-order valence-electron chi connectivity index (χ2n) is 6.08. The van der Waals surface area contributed by atoms with Crippen molar-refractivity contribution in [3.05, 3.63) is 28.2 Å². The van der Waals surface area contributed by atoms with E-state index in [4.69, 9.17) is 0 Å². The van der Waals surface area contributed by atoms with Gasteiger partial charge < -0.3 is 10.4 Å². The SMILES string of the molecule is Cc1cc(Br)ccc1NC(=O)CN1CC(C)CC(C(=O)O)C1. The van der Waals surface area contributed by atoms with Gasteiger partial charge in [-0.05, 0) is 43.0 Å². The van der Waals surface area contributed by atoms with Gasteiger partial charge in [-0.15, -0.1) is 0 Å². The van der Waals surface area contributed by atoms with Crippen LogP contribution in [0, 0.1) is 18.8 Å². The molecule has 5 nitrogen and oxygen atoms in total. The van der Waals surface area contributed by atoms with Crippen molar-refractivity contribution in [3.63, 3.8) is 0 Å². The number of carboxylic acids is 1. The molecule has 1 heterocycles. The molecule has 2 rings (SSSR count). The van der Waals surface area contributed by atoms with Crippen molar-refractivity contribution in [2.75, 3.05) is 25.0 Å². The highest BCUT2D eigenvalue weighted by molar-refractivity contribution is 9.10. The molecule has 1 aromatic rings. The van der Waals surface area contributed by atoms with E-state index in [0.717, 1.165) is 22.3 Å². The van der Waals surface area contributed by atoms with E-state index >= 15 is 0 Å². The second-order valence-corrected chi connectivity index (χ2v) is 6.99. The predicted molar refractivity (Wildman–Crippen MR) is 88.9 cm³/mol. The van der Waals surface area contributed by atoms with Crippen molar-refractivity contribution in [2.45, 2.75) is 20.3 Å². The van der Waals surface area contributed by atoms with Gasteiger partial charge in [0.15, 0.2) is 0 Å². The molecule has 120 valence electrons. The molecule has 1 saturated heterocycles. The van der Waals surface area contributed by atoms with Gasteiger partial charge >= 0.3 is 5.97 Å². The Morgan fingerprint density at radius 3 is 2.77 bits per heavy atom. The third-order valence-electron chi connectivity index (χ3n) is 3.91. The molecule has 1 fully saturated rings. The first-order chi connectivity index (χ1) is 10.3. The van der Waals surface area contributed by atoms with E-state index < -0.39 is 5.97 Å². The Bertz CT molecular complexity index is 577. The number of amides is 1. The number of aryl methyl sites for hydroxylation is 1. The van der Waals surface area contributed by atoms with Crippen LogP contribution in [0.3, 0.4) is 0 Å². The molecule has 0 aromatic heterocycles. The summed E-state index contributed by atoms with van der Waals surface area (Å²) in [5, 5.41) is 12.1. The molecule has 0 radical (unpaired) electrons. The summed E-state index contributed by atoms with van der Waals surface area (Å²) in [6, 6.07) is 5.68. The Morgan fingerprint density at radius 1 is 1.41 bits per heavy atom. The van der Waals surface area contributed by atoms with Gasteiger partial charge in [0, 0.05) is 23.2 Å². The van der Waals surface area contributed by atoms with Gasteiger partial charge in [-0.2, -0.15) is 0 Å². The van der Waals surface area contributed by atoms with Gasteiger partial charge in [0.1, 0.15) is 0 Å². The van der Waals surface area contributed by atoms with Crippen LogP contribution < -0.4 is 5.32 Å². The molecule has 1 aliphatic rings. The van der Waals surface area contributed by atoms with Crippen LogP contribution in [0.25, 0.3) is 0 Å². The van der Waals surface area contributed by atoms with Crippen LogP contribution >= 0.6 is 15.9 Å². The standard InChI is InChI=1S/C16H21BrN2O3/c1-10-5-12(16(21)22)8-19(7-10)9-15(20)18-14-4-3-13(17)6-11(14)2/h3-4,6,10,12H,5,7-9H2,1-2H3,(H,18,20)(H,21,22). The van der Waals surface area contributed by atoms with Gasteiger partial charge in [0.25, 0.3) is 0 Å². The fourth-order valence-electron chi connectivity index (χ4n) is 2.93. The Kier molecular flexibility index (Phi) is 5.58. The number of halogens is 1. The summed E-state index contributed by atoms with van der Waals surface area (Å²) in [6.07, 6.45) is 0.680. The maximum atomic E-state index is 12.2. The Labute approximate surface area is 138 Å². The quantitative estimate of drug-likeness (QED) is 0.856. The van der Waals surface area contributed by atoms with E-state index in [9.17, 15) is 14.7 Å². The summed E-state index contributed by atoms with van der Waals surface area (Å²) in [5.41, 5.74) is 1.77. The largest absolute Gasteiger partial charge is 0.481 e. The van der Waals surface area contributed by atoms with Crippen molar-refractivity contribution in [2.24, 2.45) is 11.8 Å². The number of piperidine rings is 1. The molecular weight excluding hydrogens is 348 g/mol. The third kappa shape index (κ3) is 4.55. The van der Waals surface area contributed by atoms with Crippen LogP contribution in [0.4, 0.5) is 5.69 Å². The summed E-state index contributed by atoms with van der Waals surface area (Å²) in [6.45, 7) is 5.38. The van der Waals surface area contributed by atoms with Gasteiger partial charge in [-0.3, -0.25) is 14.5 Å². The number of anilines is 1. The maximum absolute atomic E-state index is 12.2. The molecule has 0 saturated carbocycles. The Hall–Kier alpha value is -1.40. The van der Waals surface area contributed by atoms with E-state index in [2.05, 4.69) is 21.2 Å². The molecule has 1 aromatic carbocycles. The number of likely N-dealkylation sites (tertiary alicyclic amines) is 1. The molecule has 0 aliphatic carbocycles. The zero-order chi connectivity index (χ0) is 16.3. The smallest absolute Gasteiger partial charge is 0.307 e. The molecule has 0 spiro atoms. The highest BCUT2D eigenvalue weighted by Gasteiger charge is 2.30. The molecule has 0 bridgehead atoms. The topological polar surface area (TPSA) is 69.6 Å². The van der Waals surface area contributed by atoms with E-state index in [0.29, 0.717) is 13.0 Å². The lowest BCUT2D eigenvalue weighted by Gasteiger charge is -2.34. The lowest BCUT2D eigenvalue weighted by atomic mass is 9.90. The van der Waals surface area contributed by atoms with E-state index in [-0.39, 0.29) is 24.3 Å². The van der Waals surface area contributed by atoms with E-state index in [1.165, 1.54) is 0 Å². The van der Waals surface area contributed by atoms with Crippen LogP contribution in [0.2, 0.25) is 0 Å². The van der Waals surface area contributed by atoms with E-state index in [1.807, 2.05) is 36.9 Å². The van der Waals surface area contributed by atoms with Gasteiger partial charge in [0.2, 0.25) is 5.91 Å². The highest BCUT2D eigenvalue weighted by atomic mass is 79.9. The van der Waals surface area contributed by atoms with Crippen LogP contribution in [-0.2, 0) is 9.59 Å². The monoisotopic (exact) mass is 368 g/mol. The zero-order valence-electron chi connectivity index (χ0n) is 12.8. The molecule has 1 aliphatic heterocycles. The number of rotatable bonds is 4. The number of carbonyl (C=O) groups excluding carboxylic acids is 1. The van der Waals surface area contributed by atoms with Crippen molar-refractivity contribution in [1.29, 1.82) is 0 Å². The van der Waals surface area contributed by atoms with E-state index in [1.54, 1.807) is 0 Å². The minimum absolute atomic E-state index is 0.108. The van der Waals surface area contributed by atoms with Gasteiger partial charge in [-0.1, -0.05) is 22.9 Å². The van der Waals surface area contributed by atoms with Crippen molar-refractivity contribution in [1.82, 2.24) is 4.90 Å². The average Bonchev–Trinajstić information content (AvgIpc) is 2.41. The normalized spacial score (nSPS) is 22.3. The van der Waals surface area contributed by atoms with Crippen LogP contribution in [-0.4, -0.2) is 41.5 Å². The number of hydrogen-bond donors (Lipinski definition) is 2. The molecule has 2 atom stereocenters. The molecule has 22 heavy (non-hydrogen) atoms. The predicted octanol–water partition coefficient (Wildman–Crippen LogP) is 2.74. The highest BCUT2D eigenvalue weighted by Crippen LogP contribution is 2.22. The first kappa shape index (κ1) is 17.0. The minimum atomic E-state index is -0.777. The molecule has 6 heteroatoms. The number of benzene rings is 1. The minimum Gasteiger partial charge on any atom is -0.481 e. The number of aliphatic carboxylic acids is 1. The Balaban J connectivity index is 1.95. The van der Waals surface area contributed by atoms with Crippen LogP contribution in [0.5, 0.6) is 0 Å².